The number of nitrogens with zero attached hydrogens (tertiary/aromatic N) is 1. The molecule has 0 spiro atoms. The van der Waals surface area contributed by atoms with Crippen LogP contribution in [0.3, 0.4) is 0 Å². The van der Waals surface area contributed by atoms with Gasteiger partial charge in [-0.05, 0) is 25.8 Å². The lowest BCUT2D eigenvalue weighted by Crippen LogP contribution is -2.24. The second-order valence-electron chi connectivity index (χ2n) is 4.72. The summed E-state index contributed by atoms with van der Waals surface area (Å²) in [7, 11) is 0. The van der Waals surface area contributed by atoms with Crippen molar-refractivity contribution in [3.8, 4) is 0 Å². The molecule has 18 heavy (non-hydrogen) atoms. The molecule has 1 aliphatic rings. The number of aromatic carboxylic acids is 1. The summed E-state index contributed by atoms with van der Waals surface area (Å²) in [6, 6.07) is 7.10. The summed E-state index contributed by atoms with van der Waals surface area (Å²) in [5.74, 6) is -0.974. The smallest absolute Gasteiger partial charge is 0.338 e. The van der Waals surface area contributed by atoms with E-state index in [9.17, 15) is 14.7 Å². The van der Waals surface area contributed by atoms with Crippen molar-refractivity contribution in [2.45, 2.75) is 25.8 Å². The van der Waals surface area contributed by atoms with E-state index in [1.54, 1.807) is 35.8 Å². The van der Waals surface area contributed by atoms with Gasteiger partial charge >= 0.3 is 5.97 Å². The van der Waals surface area contributed by atoms with E-state index in [4.69, 9.17) is 0 Å². The molecule has 1 fully saturated rings. The van der Waals surface area contributed by atoms with Crippen LogP contribution >= 0.6 is 0 Å². The van der Waals surface area contributed by atoms with Crippen molar-refractivity contribution in [3.05, 3.63) is 45.9 Å². The van der Waals surface area contributed by atoms with E-state index < -0.39 is 5.97 Å². The van der Waals surface area contributed by atoms with Crippen LogP contribution in [0.15, 0.2) is 29.1 Å². The molecule has 4 nitrogen and oxygen atoms in total. The second-order valence-corrected chi connectivity index (χ2v) is 4.72. The molecule has 0 amide bonds. The zero-order valence-electron chi connectivity index (χ0n) is 10.0. The highest BCUT2D eigenvalue weighted by Crippen LogP contribution is 2.36. The minimum Gasteiger partial charge on any atom is -0.478 e. The van der Waals surface area contributed by atoms with Gasteiger partial charge in [-0.3, -0.25) is 4.79 Å². The molecule has 2 aromatic rings. The fraction of sp³-hybridized carbons (Fsp3) is 0.286. The van der Waals surface area contributed by atoms with Crippen LogP contribution in [-0.2, 0) is 0 Å². The summed E-state index contributed by atoms with van der Waals surface area (Å²) in [6.07, 6.45) is 1.91. The van der Waals surface area contributed by atoms with Gasteiger partial charge in [0.15, 0.2) is 0 Å². The third-order valence-corrected chi connectivity index (χ3v) is 3.49. The highest BCUT2D eigenvalue weighted by Gasteiger charge is 2.29. The number of hydrogen-bond acceptors (Lipinski definition) is 2. The maximum Gasteiger partial charge on any atom is 0.338 e. The zero-order valence-corrected chi connectivity index (χ0v) is 10.0. The van der Waals surface area contributed by atoms with Gasteiger partial charge < -0.3 is 9.67 Å². The molecule has 0 unspecified atom stereocenters. The minimum atomic E-state index is -0.974. The first-order valence-corrected chi connectivity index (χ1v) is 5.98. The standard InChI is InChI=1S/C14H13NO3/c1-8-12(14(17)18)10-4-2-3-5-11(10)13(16)15(8)9-6-7-9/h2-5,9H,6-7H2,1H3,(H,17,18). The number of carboxylic acid groups (broad SMARTS) is 1. The number of rotatable bonds is 2. The molecule has 0 bridgehead atoms. The quantitative estimate of drug-likeness (QED) is 0.880. The first-order chi connectivity index (χ1) is 8.61. The van der Waals surface area contributed by atoms with Crippen LogP contribution in [0.1, 0.15) is 34.9 Å². The zero-order chi connectivity index (χ0) is 12.9. The third-order valence-electron chi connectivity index (χ3n) is 3.49. The highest BCUT2D eigenvalue weighted by molar-refractivity contribution is 6.04. The Hall–Kier alpha value is -2.10. The Labute approximate surface area is 103 Å². The number of aromatic nitrogens is 1. The lowest BCUT2D eigenvalue weighted by molar-refractivity contribution is 0.0697. The molecule has 1 saturated carbocycles. The summed E-state index contributed by atoms with van der Waals surface area (Å²) >= 11 is 0. The molecular formula is C14H13NO3. The molecule has 1 aromatic heterocycles. The summed E-state index contributed by atoms with van der Waals surface area (Å²) < 4.78 is 1.64. The van der Waals surface area contributed by atoms with Gasteiger partial charge in [-0.15, -0.1) is 0 Å². The maximum atomic E-state index is 12.4. The van der Waals surface area contributed by atoms with E-state index >= 15 is 0 Å². The molecule has 0 saturated heterocycles. The van der Waals surface area contributed by atoms with Crippen molar-refractivity contribution >= 4 is 16.7 Å². The number of carbonyl (C=O) groups is 1. The Balaban J connectivity index is 2.51. The molecule has 1 aliphatic carbocycles. The molecule has 92 valence electrons. The number of pyridine rings is 1. The van der Waals surface area contributed by atoms with Crippen LogP contribution in [0.4, 0.5) is 0 Å². The fourth-order valence-corrected chi connectivity index (χ4v) is 2.53. The van der Waals surface area contributed by atoms with Crippen LogP contribution in [0.2, 0.25) is 0 Å². The van der Waals surface area contributed by atoms with Gasteiger partial charge in [-0.1, -0.05) is 18.2 Å². The van der Waals surface area contributed by atoms with Crippen molar-refractivity contribution in [2.24, 2.45) is 0 Å². The summed E-state index contributed by atoms with van der Waals surface area (Å²) in [5, 5.41) is 10.4. The Kier molecular flexibility index (Phi) is 2.26. The van der Waals surface area contributed by atoms with E-state index in [2.05, 4.69) is 0 Å². The highest BCUT2D eigenvalue weighted by atomic mass is 16.4. The van der Waals surface area contributed by atoms with E-state index in [-0.39, 0.29) is 17.2 Å². The number of hydrogen-bond donors (Lipinski definition) is 1. The Morgan fingerprint density at radius 3 is 2.44 bits per heavy atom. The van der Waals surface area contributed by atoms with Gasteiger partial charge in [0.1, 0.15) is 0 Å². The maximum absolute atomic E-state index is 12.4. The molecule has 1 heterocycles. The largest absolute Gasteiger partial charge is 0.478 e. The third kappa shape index (κ3) is 1.45. The summed E-state index contributed by atoms with van der Waals surface area (Å²) in [5.41, 5.74) is 0.737. The van der Waals surface area contributed by atoms with Gasteiger partial charge in [0.25, 0.3) is 5.56 Å². The van der Waals surface area contributed by atoms with Gasteiger partial charge in [-0.25, -0.2) is 4.79 Å². The van der Waals surface area contributed by atoms with Crippen LogP contribution in [-0.4, -0.2) is 15.6 Å². The molecule has 1 N–H and O–H groups in total. The van der Waals surface area contributed by atoms with Crippen molar-refractivity contribution < 1.29 is 9.90 Å². The van der Waals surface area contributed by atoms with E-state index in [1.165, 1.54) is 0 Å². The normalized spacial score (nSPS) is 14.9. The van der Waals surface area contributed by atoms with Gasteiger partial charge in [0.2, 0.25) is 0 Å². The Morgan fingerprint density at radius 2 is 1.89 bits per heavy atom. The average molecular weight is 243 g/mol. The van der Waals surface area contributed by atoms with Crippen LogP contribution < -0.4 is 5.56 Å². The van der Waals surface area contributed by atoms with E-state index in [0.29, 0.717) is 16.5 Å². The van der Waals surface area contributed by atoms with Gasteiger partial charge in [-0.2, -0.15) is 0 Å². The lowest BCUT2D eigenvalue weighted by atomic mass is 10.0. The first kappa shape index (κ1) is 11.0. The molecular weight excluding hydrogens is 230 g/mol. The first-order valence-electron chi connectivity index (χ1n) is 5.98. The Morgan fingerprint density at radius 1 is 1.28 bits per heavy atom. The van der Waals surface area contributed by atoms with E-state index in [0.717, 1.165) is 12.8 Å². The molecule has 4 heteroatoms. The number of carboxylic acids is 1. The van der Waals surface area contributed by atoms with Crippen LogP contribution in [0.5, 0.6) is 0 Å². The second kappa shape index (κ2) is 3.70. The fourth-order valence-electron chi connectivity index (χ4n) is 2.53. The predicted molar refractivity (Wildman–Crippen MR) is 68.2 cm³/mol. The summed E-state index contributed by atoms with van der Waals surface area (Å²) in [6.45, 7) is 1.72. The minimum absolute atomic E-state index is 0.0735. The average Bonchev–Trinajstić information content (AvgIpc) is 3.13. The van der Waals surface area contributed by atoms with Crippen molar-refractivity contribution in [1.82, 2.24) is 4.57 Å². The Bertz CT molecular complexity index is 711. The van der Waals surface area contributed by atoms with Crippen molar-refractivity contribution in [2.75, 3.05) is 0 Å². The molecule has 3 rings (SSSR count). The van der Waals surface area contributed by atoms with Gasteiger partial charge in [0.05, 0.1) is 5.56 Å². The molecule has 0 atom stereocenters. The van der Waals surface area contributed by atoms with Gasteiger partial charge in [0, 0.05) is 22.5 Å². The molecule has 0 radical (unpaired) electrons. The van der Waals surface area contributed by atoms with E-state index in [1.807, 2.05) is 0 Å². The predicted octanol–water partition coefficient (Wildman–Crippen LogP) is 2.34. The SMILES string of the molecule is Cc1c(C(=O)O)c2ccccc2c(=O)n1C1CC1. The lowest BCUT2D eigenvalue weighted by Gasteiger charge is -2.14. The topological polar surface area (TPSA) is 59.3 Å². The number of fused-ring (bicyclic) bond motifs is 1. The van der Waals surface area contributed by atoms with Crippen molar-refractivity contribution in [3.63, 3.8) is 0 Å². The van der Waals surface area contributed by atoms with Crippen LogP contribution in [0.25, 0.3) is 10.8 Å². The number of benzene rings is 1. The van der Waals surface area contributed by atoms with Crippen molar-refractivity contribution in [1.29, 1.82) is 0 Å². The van der Waals surface area contributed by atoms with Crippen LogP contribution in [0, 0.1) is 6.92 Å². The molecule has 1 aromatic carbocycles. The summed E-state index contributed by atoms with van der Waals surface area (Å²) in [4.78, 5) is 23.8. The monoisotopic (exact) mass is 243 g/mol. The molecule has 0 aliphatic heterocycles.